The van der Waals surface area contributed by atoms with E-state index in [1.165, 1.54) is 19.3 Å². The number of anilines is 1. The molecule has 1 heterocycles. The molecule has 0 fully saturated rings. The molecule has 7 nitrogen and oxygen atoms in total. The van der Waals surface area contributed by atoms with Gasteiger partial charge in [-0.1, -0.05) is 31.3 Å². The zero-order chi connectivity index (χ0) is 17.4. The lowest BCUT2D eigenvalue weighted by atomic mass is 10.1. The summed E-state index contributed by atoms with van der Waals surface area (Å²) >= 11 is 0. The van der Waals surface area contributed by atoms with E-state index in [9.17, 15) is 4.79 Å². The molecule has 1 amide bonds. The summed E-state index contributed by atoms with van der Waals surface area (Å²) in [5.41, 5.74) is 6.85. The first-order chi connectivity index (χ1) is 11.6. The number of nitrogens with one attached hydrogen (secondary N) is 1. The van der Waals surface area contributed by atoms with E-state index in [1.807, 2.05) is 0 Å². The first-order valence-corrected chi connectivity index (χ1v) is 8.24. The molecule has 24 heavy (non-hydrogen) atoms. The van der Waals surface area contributed by atoms with Crippen molar-refractivity contribution in [2.75, 3.05) is 11.9 Å². The summed E-state index contributed by atoms with van der Waals surface area (Å²) in [6.45, 7) is 1.78. The molecule has 0 saturated heterocycles. The lowest BCUT2D eigenvalue weighted by Crippen LogP contribution is -2.38. The van der Waals surface area contributed by atoms with Gasteiger partial charge < -0.3 is 20.7 Å². The average molecular weight is 332 g/mol. The van der Waals surface area contributed by atoms with Crippen molar-refractivity contribution in [2.45, 2.75) is 45.1 Å². The van der Waals surface area contributed by atoms with Crippen molar-refractivity contribution in [3.63, 3.8) is 0 Å². The van der Waals surface area contributed by atoms with Crippen molar-refractivity contribution >= 4 is 11.6 Å². The predicted octanol–water partition coefficient (Wildman–Crippen LogP) is 2.12. The third kappa shape index (κ3) is 5.14. The summed E-state index contributed by atoms with van der Waals surface area (Å²) in [4.78, 5) is 16.0. The highest BCUT2D eigenvalue weighted by atomic mass is 16.5. The van der Waals surface area contributed by atoms with Gasteiger partial charge in [0.1, 0.15) is 6.04 Å². The Morgan fingerprint density at radius 3 is 2.71 bits per heavy atom. The van der Waals surface area contributed by atoms with Crippen LogP contribution in [-0.2, 0) is 11.2 Å². The largest absolute Gasteiger partial charge is 0.394 e. The molecule has 0 aliphatic rings. The Hall–Kier alpha value is -2.25. The maximum absolute atomic E-state index is 11.6. The van der Waals surface area contributed by atoms with Gasteiger partial charge in [0.2, 0.25) is 17.6 Å². The summed E-state index contributed by atoms with van der Waals surface area (Å²) in [5, 5.41) is 15.5. The van der Waals surface area contributed by atoms with Crippen LogP contribution in [0.2, 0.25) is 0 Å². The molecule has 0 bridgehead atoms. The monoisotopic (exact) mass is 332 g/mol. The van der Waals surface area contributed by atoms with E-state index in [1.54, 1.807) is 24.3 Å². The molecule has 0 radical (unpaired) electrons. The molecule has 130 valence electrons. The Bertz CT molecular complexity index is 640. The van der Waals surface area contributed by atoms with Crippen molar-refractivity contribution in [1.82, 2.24) is 10.1 Å². The number of hydrogen-bond acceptors (Lipinski definition) is 6. The fourth-order valence-electron chi connectivity index (χ4n) is 2.20. The number of amides is 1. The molecule has 1 atom stereocenters. The van der Waals surface area contributed by atoms with Gasteiger partial charge in [-0.25, -0.2) is 0 Å². The summed E-state index contributed by atoms with van der Waals surface area (Å²) in [6.07, 6.45) is 5.42. The van der Waals surface area contributed by atoms with E-state index in [4.69, 9.17) is 15.4 Å². The molecular weight excluding hydrogens is 308 g/mol. The predicted molar refractivity (Wildman–Crippen MR) is 91.3 cm³/mol. The van der Waals surface area contributed by atoms with Crippen LogP contribution in [0.25, 0.3) is 11.4 Å². The van der Waals surface area contributed by atoms with E-state index in [-0.39, 0.29) is 0 Å². The van der Waals surface area contributed by atoms with Crippen LogP contribution >= 0.6 is 0 Å². The number of aromatic nitrogens is 2. The van der Waals surface area contributed by atoms with Gasteiger partial charge in [0.15, 0.2) is 0 Å². The first-order valence-electron chi connectivity index (χ1n) is 8.24. The highest BCUT2D eigenvalue weighted by Crippen LogP contribution is 2.19. The number of unbranched alkanes of at least 4 members (excludes halogenated alkanes) is 3. The number of nitrogens with two attached hydrogens (primary N) is 1. The van der Waals surface area contributed by atoms with Crippen LogP contribution in [0.4, 0.5) is 5.69 Å². The molecule has 2 aromatic rings. The molecule has 1 aromatic heterocycles. The smallest absolute Gasteiger partial charge is 0.243 e. The normalized spacial score (nSPS) is 12.1. The maximum Gasteiger partial charge on any atom is 0.243 e. The summed E-state index contributed by atoms with van der Waals surface area (Å²) in [5.74, 6) is 0.747. The number of carbonyl (C=O) groups excluding carboxylic acids is 1. The van der Waals surface area contributed by atoms with Crippen LogP contribution in [0, 0.1) is 0 Å². The number of benzene rings is 1. The van der Waals surface area contributed by atoms with Gasteiger partial charge in [-0.15, -0.1) is 0 Å². The fourth-order valence-corrected chi connectivity index (χ4v) is 2.20. The Morgan fingerprint density at radius 1 is 1.29 bits per heavy atom. The zero-order valence-electron chi connectivity index (χ0n) is 13.9. The van der Waals surface area contributed by atoms with Gasteiger partial charge in [-0.2, -0.15) is 4.98 Å². The molecule has 4 N–H and O–H groups in total. The number of aliphatic hydroxyl groups excluding tert-OH is 1. The molecule has 7 heteroatoms. The number of nitrogens with zero attached hydrogens (tertiary/aromatic N) is 2. The van der Waals surface area contributed by atoms with Crippen molar-refractivity contribution < 1.29 is 14.4 Å². The fraction of sp³-hybridized carbons (Fsp3) is 0.471. The van der Waals surface area contributed by atoms with Crippen LogP contribution < -0.4 is 11.1 Å². The standard InChI is InChI=1S/C17H24N4O3/c1-2-3-4-5-6-15-20-16(21-24-15)12-7-9-13(10-8-12)19-17(23)14(18)11-22/h7-10,14,22H,2-6,11,18H2,1H3,(H,19,23). The van der Waals surface area contributed by atoms with Gasteiger partial charge in [0, 0.05) is 17.7 Å². The Balaban J connectivity index is 1.93. The van der Waals surface area contributed by atoms with Gasteiger partial charge >= 0.3 is 0 Å². The van der Waals surface area contributed by atoms with Crippen LogP contribution in [0.1, 0.15) is 38.5 Å². The van der Waals surface area contributed by atoms with Crippen molar-refractivity contribution in [3.8, 4) is 11.4 Å². The second kappa shape index (κ2) is 9.14. The van der Waals surface area contributed by atoms with Gasteiger partial charge in [-0.3, -0.25) is 4.79 Å². The molecule has 0 aliphatic heterocycles. The molecule has 1 unspecified atom stereocenters. The van der Waals surface area contributed by atoms with Crippen LogP contribution in [0.5, 0.6) is 0 Å². The third-order valence-corrected chi connectivity index (χ3v) is 3.66. The molecule has 0 spiro atoms. The highest BCUT2D eigenvalue weighted by Gasteiger charge is 2.13. The molecule has 0 aliphatic carbocycles. The zero-order valence-corrected chi connectivity index (χ0v) is 13.9. The minimum Gasteiger partial charge on any atom is -0.394 e. The van der Waals surface area contributed by atoms with E-state index < -0.39 is 18.6 Å². The number of aryl methyl sites for hydroxylation is 1. The average Bonchev–Trinajstić information content (AvgIpc) is 3.07. The van der Waals surface area contributed by atoms with Crippen molar-refractivity contribution in [3.05, 3.63) is 30.2 Å². The second-order valence-corrected chi connectivity index (χ2v) is 5.68. The Labute approximate surface area is 141 Å². The highest BCUT2D eigenvalue weighted by molar-refractivity contribution is 5.94. The van der Waals surface area contributed by atoms with Crippen LogP contribution in [0.3, 0.4) is 0 Å². The number of rotatable bonds is 9. The van der Waals surface area contributed by atoms with Crippen molar-refractivity contribution in [1.29, 1.82) is 0 Å². The number of aliphatic hydroxyl groups is 1. The van der Waals surface area contributed by atoms with E-state index >= 15 is 0 Å². The lowest BCUT2D eigenvalue weighted by molar-refractivity contribution is -0.118. The van der Waals surface area contributed by atoms with E-state index in [0.29, 0.717) is 17.4 Å². The quantitative estimate of drug-likeness (QED) is 0.606. The van der Waals surface area contributed by atoms with Crippen molar-refractivity contribution in [2.24, 2.45) is 5.73 Å². The minimum atomic E-state index is -0.933. The summed E-state index contributed by atoms with van der Waals surface area (Å²) in [6, 6.07) is 6.12. The topological polar surface area (TPSA) is 114 Å². The SMILES string of the molecule is CCCCCCc1nc(-c2ccc(NC(=O)C(N)CO)cc2)no1. The minimum absolute atomic E-state index is 0.395. The summed E-state index contributed by atoms with van der Waals surface area (Å²) < 4.78 is 5.26. The molecule has 0 saturated carbocycles. The molecule has 2 rings (SSSR count). The first kappa shape index (κ1) is 18.1. The molecular formula is C17H24N4O3. The van der Waals surface area contributed by atoms with E-state index in [0.717, 1.165) is 18.4 Å². The van der Waals surface area contributed by atoms with Gasteiger partial charge in [-0.05, 0) is 30.7 Å². The summed E-state index contributed by atoms with van der Waals surface area (Å²) in [7, 11) is 0. The van der Waals surface area contributed by atoms with Gasteiger partial charge in [0.05, 0.1) is 6.61 Å². The Kier molecular flexibility index (Phi) is 6.89. The number of hydrogen-bond donors (Lipinski definition) is 3. The third-order valence-electron chi connectivity index (χ3n) is 3.66. The maximum atomic E-state index is 11.6. The van der Waals surface area contributed by atoms with Crippen LogP contribution in [0.15, 0.2) is 28.8 Å². The Morgan fingerprint density at radius 2 is 2.04 bits per heavy atom. The van der Waals surface area contributed by atoms with E-state index in [2.05, 4.69) is 22.4 Å². The van der Waals surface area contributed by atoms with Gasteiger partial charge in [0.25, 0.3) is 0 Å². The number of carbonyl (C=O) groups is 1. The van der Waals surface area contributed by atoms with Crippen LogP contribution in [-0.4, -0.2) is 33.8 Å². The second-order valence-electron chi connectivity index (χ2n) is 5.68. The molecule has 1 aromatic carbocycles. The lowest BCUT2D eigenvalue weighted by Gasteiger charge is -2.09.